The van der Waals surface area contributed by atoms with Gasteiger partial charge in [-0.05, 0) is 41.8 Å². The predicted octanol–water partition coefficient (Wildman–Crippen LogP) is 2.32. The second-order valence-electron chi connectivity index (χ2n) is 4.52. The van der Waals surface area contributed by atoms with Gasteiger partial charge in [-0.2, -0.15) is 0 Å². The molecule has 1 unspecified atom stereocenters. The number of hydrogen-bond acceptors (Lipinski definition) is 5. The van der Waals surface area contributed by atoms with E-state index in [1.807, 2.05) is 0 Å². The summed E-state index contributed by atoms with van der Waals surface area (Å²) in [6.45, 7) is 1.65. The maximum atomic E-state index is 10.8. The minimum atomic E-state index is -1.30. The number of nitro groups is 1. The molecule has 0 aliphatic rings. The van der Waals surface area contributed by atoms with Gasteiger partial charge in [0.05, 0.1) is 11.5 Å². The Morgan fingerprint density at radius 3 is 2.80 bits per heavy atom. The summed E-state index contributed by atoms with van der Waals surface area (Å²) in [4.78, 5) is 21.0. The van der Waals surface area contributed by atoms with E-state index in [9.17, 15) is 14.9 Å². The number of rotatable bonds is 7. The van der Waals surface area contributed by atoms with Crippen molar-refractivity contribution in [3.8, 4) is 5.75 Å². The number of carbonyl (C=O) groups is 1. The molecule has 0 aromatic heterocycles. The molecule has 0 amide bonds. The Labute approximate surface area is 124 Å². The molecular formula is C12H15BrN2O5. The Balaban J connectivity index is 2.57. The number of hydrogen-bond donors (Lipinski definition) is 2. The third-order valence-electron chi connectivity index (χ3n) is 2.73. The maximum absolute atomic E-state index is 10.8. The van der Waals surface area contributed by atoms with Crippen LogP contribution in [0.2, 0.25) is 0 Å². The monoisotopic (exact) mass is 346 g/mol. The van der Waals surface area contributed by atoms with E-state index in [4.69, 9.17) is 15.6 Å². The van der Waals surface area contributed by atoms with Crippen LogP contribution in [0.15, 0.2) is 22.7 Å². The molecule has 8 heteroatoms. The first-order valence-corrected chi connectivity index (χ1v) is 6.63. The lowest BCUT2D eigenvalue weighted by Crippen LogP contribution is -2.44. The van der Waals surface area contributed by atoms with Crippen LogP contribution in [0.1, 0.15) is 19.8 Å². The van der Waals surface area contributed by atoms with Gasteiger partial charge in [0.15, 0.2) is 0 Å². The number of halogens is 1. The van der Waals surface area contributed by atoms with Crippen molar-refractivity contribution in [1.29, 1.82) is 0 Å². The van der Waals surface area contributed by atoms with Crippen LogP contribution in [0.5, 0.6) is 5.75 Å². The molecule has 0 radical (unpaired) electrons. The number of carboxylic acids is 1. The lowest BCUT2D eigenvalue weighted by atomic mass is 9.98. The molecule has 20 heavy (non-hydrogen) atoms. The summed E-state index contributed by atoms with van der Waals surface area (Å²) < 4.78 is 5.67. The van der Waals surface area contributed by atoms with Gasteiger partial charge in [-0.25, -0.2) is 0 Å². The number of nitrogens with zero attached hydrogens (tertiary/aromatic N) is 1. The van der Waals surface area contributed by atoms with Crippen molar-refractivity contribution in [1.82, 2.24) is 0 Å². The number of carboxylic acid groups (broad SMARTS) is 1. The molecule has 0 heterocycles. The van der Waals surface area contributed by atoms with Gasteiger partial charge in [-0.1, -0.05) is 6.07 Å². The average molecular weight is 347 g/mol. The third-order valence-corrected chi connectivity index (χ3v) is 3.52. The molecule has 0 aliphatic carbocycles. The van der Waals surface area contributed by atoms with E-state index < -0.39 is 16.4 Å². The van der Waals surface area contributed by atoms with E-state index in [0.717, 1.165) is 0 Å². The van der Waals surface area contributed by atoms with Gasteiger partial charge in [-0.15, -0.1) is 0 Å². The molecular weight excluding hydrogens is 332 g/mol. The van der Waals surface area contributed by atoms with Crippen molar-refractivity contribution in [2.45, 2.75) is 25.3 Å². The van der Waals surface area contributed by atoms with Crippen molar-refractivity contribution in [3.05, 3.63) is 32.8 Å². The second-order valence-corrected chi connectivity index (χ2v) is 5.31. The first-order valence-electron chi connectivity index (χ1n) is 5.83. The lowest BCUT2D eigenvalue weighted by Gasteiger charge is -2.18. The van der Waals surface area contributed by atoms with E-state index in [1.165, 1.54) is 19.1 Å². The molecule has 0 bridgehead atoms. The quantitative estimate of drug-likeness (QED) is 0.444. The molecule has 110 valence electrons. The third kappa shape index (κ3) is 4.17. The van der Waals surface area contributed by atoms with Gasteiger partial charge in [0, 0.05) is 6.07 Å². The Kier molecular flexibility index (Phi) is 5.46. The molecule has 1 atom stereocenters. The summed E-state index contributed by atoms with van der Waals surface area (Å²) >= 11 is 3.11. The van der Waals surface area contributed by atoms with Crippen molar-refractivity contribution in [2.75, 3.05) is 6.61 Å². The van der Waals surface area contributed by atoms with Gasteiger partial charge in [0.2, 0.25) is 0 Å². The second kappa shape index (κ2) is 6.67. The number of benzene rings is 1. The molecule has 0 aliphatic heterocycles. The van der Waals surface area contributed by atoms with Gasteiger partial charge in [-0.3, -0.25) is 14.9 Å². The first-order chi connectivity index (χ1) is 9.25. The molecule has 0 spiro atoms. The highest BCUT2D eigenvalue weighted by Gasteiger charge is 2.27. The highest BCUT2D eigenvalue weighted by molar-refractivity contribution is 9.10. The average Bonchev–Trinajstić information content (AvgIpc) is 2.35. The van der Waals surface area contributed by atoms with Crippen LogP contribution in [-0.2, 0) is 4.79 Å². The van der Waals surface area contributed by atoms with Gasteiger partial charge in [0.1, 0.15) is 15.8 Å². The maximum Gasteiger partial charge on any atom is 0.323 e. The van der Waals surface area contributed by atoms with Crippen LogP contribution >= 0.6 is 15.9 Å². The zero-order valence-corrected chi connectivity index (χ0v) is 12.4. The molecule has 0 fully saturated rings. The summed E-state index contributed by atoms with van der Waals surface area (Å²) in [7, 11) is 0. The summed E-state index contributed by atoms with van der Waals surface area (Å²) in [5, 5.41) is 19.6. The molecule has 1 aromatic carbocycles. The number of nitrogens with two attached hydrogens (primary N) is 1. The molecule has 7 nitrogen and oxygen atoms in total. The Morgan fingerprint density at radius 1 is 1.60 bits per heavy atom. The van der Waals surface area contributed by atoms with Crippen LogP contribution < -0.4 is 10.5 Å². The minimum absolute atomic E-state index is 0.0864. The lowest BCUT2D eigenvalue weighted by molar-refractivity contribution is -0.385. The van der Waals surface area contributed by atoms with Crippen molar-refractivity contribution >= 4 is 27.6 Å². The normalized spacial score (nSPS) is 13.6. The fourth-order valence-electron chi connectivity index (χ4n) is 1.48. The highest BCUT2D eigenvalue weighted by atomic mass is 79.9. The molecule has 3 N–H and O–H groups in total. The van der Waals surface area contributed by atoms with Crippen molar-refractivity contribution in [2.24, 2.45) is 5.73 Å². The Bertz CT molecular complexity index is 519. The van der Waals surface area contributed by atoms with Crippen LogP contribution in [0.4, 0.5) is 5.69 Å². The zero-order valence-electron chi connectivity index (χ0n) is 10.8. The van der Waals surface area contributed by atoms with Crippen LogP contribution in [0, 0.1) is 10.1 Å². The standard InChI is InChI=1S/C12H15BrN2O5/c1-12(14,11(16)17)6-3-7-20-9-5-2-4-8(10(9)13)15(18)19/h2,4-5H,3,6-7,14H2,1H3,(H,16,17). The topological polar surface area (TPSA) is 116 Å². The van der Waals surface area contributed by atoms with E-state index in [2.05, 4.69) is 15.9 Å². The van der Waals surface area contributed by atoms with Crippen LogP contribution in [0.25, 0.3) is 0 Å². The van der Waals surface area contributed by atoms with Gasteiger partial charge >= 0.3 is 5.97 Å². The van der Waals surface area contributed by atoms with Gasteiger partial charge in [0.25, 0.3) is 5.69 Å². The molecule has 0 saturated heterocycles. The van der Waals surface area contributed by atoms with E-state index >= 15 is 0 Å². The van der Waals surface area contributed by atoms with Crippen LogP contribution in [-0.4, -0.2) is 28.1 Å². The highest BCUT2D eigenvalue weighted by Crippen LogP contribution is 2.33. The van der Waals surface area contributed by atoms with Crippen LogP contribution in [0.3, 0.4) is 0 Å². The Hall–Kier alpha value is -1.67. The molecule has 1 rings (SSSR count). The predicted molar refractivity (Wildman–Crippen MR) is 75.8 cm³/mol. The van der Waals surface area contributed by atoms with E-state index in [0.29, 0.717) is 12.2 Å². The van der Waals surface area contributed by atoms with Crippen molar-refractivity contribution < 1.29 is 19.6 Å². The fraction of sp³-hybridized carbons (Fsp3) is 0.417. The molecule has 0 saturated carbocycles. The smallest absolute Gasteiger partial charge is 0.323 e. The molecule has 1 aromatic rings. The Morgan fingerprint density at radius 2 is 2.25 bits per heavy atom. The summed E-state index contributed by atoms with van der Waals surface area (Å²) in [5.41, 5.74) is 4.19. The number of ether oxygens (including phenoxy) is 1. The summed E-state index contributed by atoms with van der Waals surface area (Å²) in [5.74, 6) is -0.734. The summed E-state index contributed by atoms with van der Waals surface area (Å²) in [6, 6.07) is 4.47. The van der Waals surface area contributed by atoms with Gasteiger partial charge < -0.3 is 15.6 Å². The largest absolute Gasteiger partial charge is 0.492 e. The number of nitro benzene ring substituents is 1. The van der Waals surface area contributed by atoms with E-state index in [1.54, 1.807) is 6.07 Å². The number of aliphatic carboxylic acids is 1. The SMILES string of the molecule is CC(N)(CCCOc1cccc([N+](=O)[O-])c1Br)C(=O)O. The minimum Gasteiger partial charge on any atom is -0.492 e. The fourth-order valence-corrected chi connectivity index (χ4v) is 2.00. The zero-order chi connectivity index (χ0) is 15.3. The van der Waals surface area contributed by atoms with Crippen molar-refractivity contribution in [3.63, 3.8) is 0 Å². The summed E-state index contributed by atoms with van der Waals surface area (Å²) in [6.07, 6.45) is 0.670. The van der Waals surface area contributed by atoms with E-state index in [-0.39, 0.29) is 23.2 Å². The first kappa shape index (κ1) is 16.4.